The van der Waals surface area contributed by atoms with E-state index >= 15 is 0 Å². The van der Waals surface area contributed by atoms with Crippen LogP contribution < -0.4 is 0 Å². The average molecular weight is 282 g/mol. The molecule has 0 atom stereocenters. The van der Waals surface area contributed by atoms with Gasteiger partial charge in [-0.15, -0.1) is 0 Å². The maximum Gasteiger partial charge on any atom is 0.335 e. The van der Waals surface area contributed by atoms with Gasteiger partial charge >= 0.3 is 5.97 Å². The Morgan fingerprint density at radius 3 is 2.00 bits per heavy atom. The second-order valence-electron chi connectivity index (χ2n) is 0.527. The molecule has 2 nitrogen and oxygen atoms in total. The van der Waals surface area contributed by atoms with Gasteiger partial charge in [-0.3, -0.25) is 0 Å². The van der Waals surface area contributed by atoms with Crippen molar-refractivity contribution in [2.24, 2.45) is 0 Å². The van der Waals surface area contributed by atoms with Gasteiger partial charge < -0.3 is 5.11 Å². The zero-order chi connectivity index (χ0) is 4.28. The third kappa shape index (κ3) is 8.85. The zero-order valence-corrected chi connectivity index (χ0v) is 7.51. The number of aliphatic carboxylic acids is 1. The Labute approximate surface area is 54.5 Å². The van der Waals surface area contributed by atoms with Crippen LogP contribution in [0.25, 0.3) is 0 Å². The molecule has 0 heterocycles. The molecule has 0 aliphatic carbocycles. The van der Waals surface area contributed by atoms with Crippen molar-refractivity contribution in [1.82, 2.24) is 0 Å². The largest absolute Gasteiger partial charge is 0.479 e. The smallest absolute Gasteiger partial charge is 0.335 e. The number of carboxylic acid groups (broad SMARTS) is 1. The minimum Gasteiger partial charge on any atom is -0.479 e. The molecular formula is C2H3FO2Tl. The van der Waals surface area contributed by atoms with Crippen molar-refractivity contribution in [3.05, 3.63) is 0 Å². The summed E-state index contributed by atoms with van der Waals surface area (Å²) in [6, 6.07) is 0. The van der Waals surface area contributed by atoms with E-state index in [1.807, 2.05) is 0 Å². The van der Waals surface area contributed by atoms with Crippen LogP contribution >= 0.6 is 0 Å². The van der Waals surface area contributed by atoms with Crippen LogP contribution in [-0.4, -0.2) is 45.0 Å². The summed E-state index contributed by atoms with van der Waals surface area (Å²) in [7, 11) is 0. The monoisotopic (exact) mass is 283 g/mol. The van der Waals surface area contributed by atoms with Crippen LogP contribution in [0.4, 0.5) is 4.39 Å². The Morgan fingerprint density at radius 2 is 2.00 bits per heavy atom. The molecule has 0 aliphatic rings. The van der Waals surface area contributed by atoms with Crippen LogP contribution in [0.1, 0.15) is 0 Å². The topological polar surface area (TPSA) is 37.3 Å². The summed E-state index contributed by atoms with van der Waals surface area (Å²) in [5.74, 6) is -1.41. The normalized spacial score (nSPS) is 6.17. The Hall–Kier alpha value is 0.322. The van der Waals surface area contributed by atoms with Gasteiger partial charge in [0.25, 0.3) is 0 Å². The van der Waals surface area contributed by atoms with Crippen LogP contribution in [0.5, 0.6) is 0 Å². The SMILES string of the molecule is O=C(O)CF.[Tl]. The molecule has 1 radical (unpaired) electrons. The quantitative estimate of drug-likeness (QED) is 0.668. The van der Waals surface area contributed by atoms with Gasteiger partial charge in [0.15, 0.2) is 6.67 Å². The minimum absolute atomic E-state index is 0. The van der Waals surface area contributed by atoms with Gasteiger partial charge in [0.2, 0.25) is 0 Å². The molecule has 0 saturated heterocycles. The molecule has 0 bridgehead atoms. The first-order valence-corrected chi connectivity index (χ1v) is 1.05. The molecule has 4 heteroatoms. The summed E-state index contributed by atoms with van der Waals surface area (Å²) in [6.45, 7) is -1.28. The predicted octanol–water partition coefficient (Wildman–Crippen LogP) is -0.340. The second kappa shape index (κ2) is 5.32. The fourth-order valence-electron chi connectivity index (χ4n) is 0. The number of carboxylic acids is 1. The van der Waals surface area contributed by atoms with Gasteiger partial charge in [0.1, 0.15) is 0 Å². The summed E-state index contributed by atoms with van der Waals surface area (Å²) in [4.78, 5) is 8.99. The van der Waals surface area contributed by atoms with Crippen molar-refractivity contribution >= 4 is 33.3 Å². The van der Waals surface area contributed by atoms with E-state index in [0.717, 1.165) is 0 Å². The summed E-state index contributed by atoms with van der Waals surface area (Å²) < 4.78 is 10.5. The van der Waals surface area contributed by atoms with Crippen molar-refractivity contribution < 1.29 is 14.3 Å². The fourth-order valence-corrected chi connectivity index (χ4v) is 0. The molecule has 0 rings (SSSR count). The molecule has 0 aliphatic heterocycles. The summed E-state index contributed by atoms with van der Waals surface area (Å²) >= 11 is 0. The molecule has 0 spiro atoms. The first-order valence-electron chi connectivity index (χ1n) is 1.05. The van der Waals surface area contributed by atoms with Crippen LogP contribution in [0.15, 0.2) is 0 Å². The number of rotatable bonds is 1. The molecular weight excluding hydrogens is 279 g/mol. The molecule has 0 amide bonds. The summed E-state index contributed by atoms with van der Waals surface area (Å²) in [5, 5.41) is 7.35. The zero-order valence-electron chi connectivity index (χ0n) is 3.02. The standard InChI is InChI=1S/C2H3FO2.Tl/c3-1-2(4)5;/h1H2,(H,4,5);. The van der Waals surface area contributed by atoms with Gasteiger partial charge in [-0.05, 0) is 0 Å². The van der Waals surface area contributed by atoms with Gasteiger partial charge in [-0.1, -0.05) is 0 Å². The van der Waals surface area contributed by atoms with Crippen molar-refractivity contribution in [2.75, 3.05) is 6.67 Å². The maximum absolute atomic E-state index is 10.5. The van der Waals surface area contributed by atoms with Crippen molar-refractivity contribution in [1.29, 1.82) is 0 Å². The van der Waals surface area contributed by atoms with Gasteiger partial charge in [0.05, 0.1) is 0 Å². The summed E-state index contributed by atoms with van der Waals surface area (Å²) in [5.41, 5.74) is 0. The van der Waals surface area contributed by atoms with Crippen LogP contribution in [-0.2, 0) is 4.79 Å². The number of carbonyl (C=O) groups is 1. The van der Waals surface area contributed by atoms with E-state index in [0.29, 0.717) is 0 Å². The fraction of sp³-hybridized carbons (Fsp3) is 0.500. The Balaban J connectivity index is 0. The molecule has 0 unspecified atom stereocenters. The van der Waals surface area contributed by atoms with Crippen molar-refractivity contribution in [3.8, 4) is 0 Å². The molecule has 0 aromatic rings. The summed E-state index contributed by atoms with van der Waals surface area (Å²) in [6.07, 6.45) is 0. The van der Waals surface area contributed by atoms with Crippen LogP contribution in [0, 0.1) is 0 Å². The van der Waals surface area contributed by atoms with Gasteiger partial charge in [-0.25, -0.2) is 9.18 Å². The second-order valence-corrected chi connectivity index (χ2v) is 0.527. The number of alkyl halides is 1. The molecule has 0 fully saturated rings. The van der Waals surface area contributed by atoms with Gasteiger partial charge in [0, 0.05) is 27.3 Å². The van der Waals surface area contributed by atoms with Gasteiger partial charge in [-0.2, -0.15) is 0 Å². The number of halogens is 1. The third-order valence-electron chi connectivity index (χ3n) is 0.114. The molecule has 6 heavy (non-hydrogen) atoms. The number of hydrogen-bond acceptors (Lipinski definition) is 1. The third-order valence-corrected chi connectivity index (χ3v) is 0.114. The number of hydrogen-bond donors (Lipinski definition) is 1. The van der Waals surface area contributed by atoms with E-state index in [9.17, 15) is 4.39 Å². The maximum atomic E-state index is 10.5. The Bertz CT molecular complexity index is 46.8. The van der Waals surface area contributed by atoms with Crippen molar-refractivity contribution in [3.63, 3.8) is 0 Å². The first kappa shape index (κ1) is 9.59. The predicted molar refractivity (Wildman–Crippen MR) is 19.4 cm³/mol. The van der Waals surface area contributed by atoms with Crippen molar-refractivity contribution in [2.45, 2.75) is 0 Å². The van der Waals surface area contributed by atoms with Crippen LogP contribution in [0.2, 0.25) is 0 Å². The first-order chi connectivity index (χ1) is 2.27. The van der Waals surface area contributed by atoms with E-state index in [2.05, 4.69) is 0 Å². The molecule has 0 saturated carbocycles. The van der Waals surface area contributed by atoms with Crippen LogP contribution in [0.3, 0.4) is 0 Å². The molecule has 33 valence electrons. The average Bonchev–Trinajstić information content (AvgIpc) is 1.38. The molecule has 0 aromatic carbocycles. The van der Waals surface area contributed by atoms with E-state index in [1.165, 1.54) is 0 Å². The molecule has 1 N–H and O–H groups in total. The van der Waals surface area contributed by atoms with E-state index < -0.39 is 12.6 Å². The van der Waals surface area contributed by atoms with E-state index in [-0.39, 0.29) is 27.3 Å². The molecule has 0 aromatic heterocycles. The Morgan fingerprint density at radius 1 is 1.83 bits per heavy atom. The van der Waals surface area contributed by atoms with E-state index in [1.54, 1.807) is 0 Å². The minimum atomic E-state index is -1.41. The Kier molecular flexibility index (Phi) is 8.50. The van der Waals surface area contributed by atoms with E-state index in [4.69, 9.17) is 9.90 Å².